The number of rotatable bonds is 9. The zero-order chi connectivity index (χ0) is 28.2. The predicted molar refractivity (Wildman–Crippen MR) is 141 cm³/mol. The lowest BCUT2D eigenvalue weighted by molar-refractivity contribution is -0.137. The molecule has 1 amide bonds. The molecule has 0 aliphatic heterocycles. The predicted octanol–water partition coefficient (Wildman–Crippen LogP) is 4.31. The van der Waals surface area contributed by atoms with Crippen molar-refractivity contribution in [3.8, 4) is 0 Å². The Hall–Kier alpha value is -3.94. The summed E-state index contributed by atoms with van der Waals surface area (Å²) in [7, 11) is -2.35. The van der Waals surface area contributed by atoms with Gasteiger partial charge >= 0.3 is 6.18 Å². The molecule has 10 nitrogen and oxygen atoms in total. The molecule has 208 valence electrons. The number of sulfonamides is 1. The first-order valence-electron chi connectivity index (χ1n) is 12.2. The number of pyridine rings is 1. The molecule has 3 aromatic rings. The average molecular weight is 564 g/mol. The van der Waals surface area contributed by atoms with Gasteiger partial charge in [0.05, 0.1) is 6.26 Å². The Morgan fingerprint density at radius 2 is 1.87 bits per heavy atom. The third kappa shape index (κ3) is 7.13. The number of nitrogens with zero attached hydrogens (tertiary/aromatic N) is 4. The minimum atomic E-state index is -4.75. The molecule has 3 N–H and O–H groups in total. The standard InChI is InChI=1S/C25H28F3N7O3S/c1-35(39(2,37)38)22-17(8-6-12-29-22)14-30-21-20(25(26,27)28)15-31-24(34-21)33-19-11-5-7-16(13-19)23(36)32-18-9-3-4-10-18/h5-8,11-13,15,18H,3-4,9-10,14H2,1-2H3,(H,32,36)(H2,30,31,33,34). The Morgan fingerprint density at radius 3 is 2.56 bits per heavy atom. The number of aromatic nitrogens is 3. The summed E-state index contributed by atoms with van der Waals surface area (Å²) in [6.45, 7) is -0.195. The van der Waals surface area contributed by atoms with Crippen molar-refractivity contribution in [1.82, 2.24) is 20.3 Å². The molecule has 0 bridgehead atoms. The molecule has 1 fully saturated rings. The number of alkyl halides is 3. The second-order valence-corrected chi connectivity index (χ2v) is 11.2. The first kappa shape index (κ1) is 28.1. The number of nitrogens with one attached hydrogen (secondary N) is 3. The van der Waals surface area contributed by atoms with E-state index in [1.807, 2.05) is 0 Å². The molecule has 39 heavy (non-hydrogen) atoms. The van der Waals surface area contributed by atoms with E-state index in [1.165, 1.54) is 13.2 Å². The van der Waals surface area contributed by atoms with Crippen molar-refractivity contribution in [3.05, 3.63) is 65.5 Å². The van der Waals surface area contributed by atoms with Crippen molar-refractivity contribution in [2.45, 2.75) is 44.4 Å². The molecule has 1 aromatic carbocycles. The van der Waals surface area contributed by atoms with E-state index in [0.717, 1.165) is 36.2 Å². The molecule has 14 heteroatoms. The molecule has 1 aliphatic rings. The average Bonchev–Trinajstić information content (AvgIpc) is 3.39. The quantitative estimate of drug-likeness (QED) is 0.351. The molecule has 1 aliphatic carbocycles. The molecule has 2 aromatic heterocycles. The van der Waals surface area contributed by atoms with Gasteiger partial charge in [-0.3, -0.25) is 9.10 Å². The van der Waals surface area contributed by atoms with E-state index < -0.39 is 27.6 Å². The number of benzene rings is 1. The normalized spacial score (nSPS) is 14.2. The summed E-state index contributed by atoms with van der Waals surface area (Å²) in [5.74, 6) is -0.792. The van der Waals surface area contributed by atoms with Crippen LogP contribution in [0.5, 0.6) is 0 Å². The molecule has 1 saturated carbocycles. The molecule has 0 radical (unpaired) electrons. The van der Waals surface area contributed by atoms with Crippen LogP contribution in [0, 0.1) is 0 Å². The van der Waals surface area contributed by atoms with Crippen molar-refractivity contribution in [3.63, 3.8) is 0 Å². The van der Waals surface area contributed by atoms with Crippen LogP contribution >= 0.6 is 0 Å². The Labute approximate surface area is 224 Å². The van der Waals surface area contributed by atoms with Crippen molar-refractivity contribution >= 4 is 39.2 Å². The van der Waals surface area contributed by atoms with Gasteiger partial charge in [0.2, 0.25) is 16.0 Å². The van der Waals surface area contributed by atoms with Gasteiger partial charge in [-0.25, -0.2) is 18.4 Å². The second kappa shape index (κ2) is 11.4. The Kier molecular flexibility index (Phi) is 8.23. The van der Waals surface area contributed by atoms with E-state index in [-0.39, 0.29) is 30.3 Å². The Bertz CT molecular complexity index is 1440. The van der Waals surface area contributed by atoms with Gasteiger partial charge in [0.25, 0.3) is 5.91 Å². The fraction of sp³-hybridized carbons (Fsp3) is 0.360. The van der Waals surface area contributed by atoms with Crippen LogP contribution in [0.4, 0.5) is 36.4 Å². The molecular formula is C25H28F3N7O3S. The van der Waals surface area contributed by atoms with Crippen molar-refractivity contribution in [2.24, 2.45) is 0 Å². The van der Waals surface area contributed by atoms with Crippen LogP contribution < -0.4 is 20.3 Å². The smallest absolute Gasteiger partial charge is 0.365 e. The van der Waals surface area contributed by atoms with Gasteiger partial charge in [-0.05, 0) is 37.1 Å². The maximum atomic E-state index is 13.7. The second-order valence-electron chi connectivity index (χ2n) is 9.18. The number of hydrogen-bond acceptors (Lipinski definition) is 8. The molecule has 0 atom stereocenters. The van der Waals surface area contributed by atoms with E-state index in [0.29, 0.717) is 23.0 Å². The highest BCUT2D eigenvalue weighted by atomic mass is 32.2. The van der Waals surface area contributed by atoms with Crippen molar-refractivity contribution < 1.29 is 26.4 Å². The Balaban J connectivity index is 1.55. The SMILES string of the molecule is CN(c1ncccc1CNc1nc(Nc2cccc(C(=O)NC3CCCC3)c2)ncc1C(F)(F)F)S(C)(=O)=O. The number of halogens is 3. The van der Waals surface area contributed by atoms with Crippen LogP contribution in [-0.2, 0) is 22.7 Å². The molecule has 0 spiro atoms. The molecule has 0 unspecified atom stereocenters. The van der Waals surface area contributed by atoms with Crippen LogP contribution in [-0.4, -0.2) is 48.6 Å². The lowest BCUT2D eigenvalue weighted by atomic mass is 10.1. The van der Waals surface area contributed by atoms with Gasteiger partial charge in [-0.1, -0.05) is 25.0 Å². The van der Waals surface area contributed by atoms with Gasteiger partial charge in [0.15, 0.2) is 0 Å². The van der Waals surface area contributed by atoms with E-state index in [4.69, 9.17) is 0 Å². The summed E-state index contributed by atoms with van der Waals surface area (Å²) < 4.78 is 66.1. The van der Waals surface area contributed by atoms with Gasteiger partial charge in [0.1, 0.15) is 17.2 Å². The van der Waals surface area contributed by atoms with Crippen LogP contribution in [0.25, 0.3) is 0 Å². The summed E-state index contributed by atoms with van der Waals surface area (Å²) in [6, 6.07) is 9.74. The number of anilines is 4. The van der Waals surface area contributed by atoms with E-state index in [2.05, 4.69) is 30.9 Å². The minimum absolute atomic E-state index is 0.0705. The largest absolute Gasteiger partial charge is 0.421 e. The first-order chi connectivity index (χ1) is 18.4. The number of carbonyl (C=O) groups excluding carboxylic acids is 1. The van der Waals surface area contributed by atoms with Gasteiger partial charge in [-0.15, -0.1) is 0 Å². The van der Waals surface area contributed by atoms with Gasteiger partial charge in [-0.2, -0.15) is 18.2 Å². The fourth-order valence-electron chi connectivity index (χ4n) is 4.18. The monoisotopic (exact) mass is 563 g/mol. The third-order valence-corrected chi connectivity index (χ3v) is 7.44. The topological polar surface area (TPSA) is 129 Å². The number of hydrogen-bond donors (Lipinski definition) is 3. The summed E-state index contributed by atoms with van der Waals surface area (Å²) in [4.78, 5) is 24.5. The number of carbonyl (C=O) groups is 1. The van der Waals surface area contributed by atoms with Gasteiger partial charge < -0.3 is 16.0 Å². The highest BCUT2D eigenvalue weighted by Crippen LogP contribution is 2.34. The third-order valence-electron chi connectivity index (χ3n) is 6.27. The van der Waals surface area contributed by atoms with Crippen LogP contribution in [0.3, 0.4) is 0 Å². The maximum absolute atomic E-state index is 13.7. The zero-order valence-electron chi connectivity index (χ0n) is 21.3. The summed E-state index contributed by atoms with van der Waals surface area (Å²) in [6.07, 6.45) is 2.30. The van der Waals surface area contributed by atoms with E-state index in [9.17, 15) is 26.4 Å². The van der Waals surface area contributed by atoms with Gasteiger partial charge in [0, 0.05) is 48.8 Å². The maximum Gasteiger partial charge on any atom is 0.421 e. The fourth-order valence-corrected chi connectivity index (χ4v) is 4.66. The van der Waals surface area contributed by atoms with Crippen LogP contribution in [0.1, 0.15) is 47.2 Å². The van der Waals surface area contributed by atoms with Crippen LogP contribution in [0.15, 0.2) is 48.8 Å². The summed E-state index contributed by atoms with van der Waals surface area (Å²) in [5, 5.41) is 8.49. The molecule has 0 saturated heterocycles. The highest BCUT2D eigenvalue weighted by Gasteiger charge is 2.35. The summed E-state index contributed by atoms with van der Waals surface area (Å²) >= 11 is 0. The van der Waals surface area contributed by atoms with Crippen molar-refractivity contribution in [1.29, 1.82) is 0 Å². The molecule has 2 heterocycles. The number of amides is 1. The van der Waals surface area contributed by atoms with E-state index in [1.54, 1.807) is 36.4 Å². The first-order valence-corrected chi connectivity index (χ1v) is 14.0. The molecule has 4 rings (SSSR count). The van der Waals surface area contributed by atoms with Crippen LogP contribution in [0.2, 0.25) is 0 Å². The zero-order valence-corrected chi connectivity index (χ0v) is 22.1. The lowest BCUT2D eigenvalue weighted by Crippen LogP contribution is -2.32. The highest BCUT2D eigenvalue weighted by molar-refractivity contribution is 7.92. The van der Waals surface area contributed by atoms with E-state index >= 15 is 0 Å². The minimum Gasteiger partial charge on any atom is -0.365 e. The summed E-state index contributed by atoms with van der Waals surface area (Å²) in [5.41, 5.74) is 0.0627. The Morgan fingerprint density at radius 1 is 1.13 bits per heavy atom. The molecular weight excluding hydrogens is 535 g/mol. The lowest BCUT2D eigenvalue weighted by Gasteiger charge is -2.20. The van der Waals surface area contributed by atoms with Crippen molar-refractivity contribution in [2.75, 3.05) is 28.2 Å².